The molecule has 0 radical (unpaired) electrons. The van der Waals surface area contributed by atoms with E-state index in [1.54, 1.807) is 7.11 Å². The first-order valence-corrected chi connectivity index (χ1v) is 5.41. The van der Waals surface area contributed by atoms with Crippen molar-refractivity contribution in [2.45, 2.75) is 20.1 Å². The van der Waals surface area contributed by atoms with Gasteiger partial charge in [0.25, 0.3) is 0 Å². The van der Waals surface area contributed by atoms with Crippen molar-refractivity contribution < 1.29 is 9.53 Å². The number of para-hydroxylation sites is 1. The largest absolute Gasteiger partial charge is 0.362 e. The topological polar surface area (TPSA) is 50.4 Å². The molecule has 0 aliphatic heterocycles. The molecule has 0 fully saturated rings. The van der Waals surface area contributed by atoms with Crippen molar-refractivity contribution in [3.05, 3.63) is 36.4 Å². The lowest BCUT2D eigenvalue weighted by molar-refractivity contribution is -0.111. The average Bonchev–Trinajstić information content (AvgIpc) is 2.33. The van der Waals surface area contributed by atoms with Crippen LogP contribution >= 0.6 is 0 Å². The number of hydrogen-bond acceptors (Lipinski definition) is 3. The quantitative estimate of drug-likeness (QED) is 0.608. The monoisotopic (exact) mass is 234 g/mol. The van der Waals surface area contributed by atoms with E-state index in [0.717, 1.165) is 16.9 Å². The lowest BCUT2D eigenvalue weighted by Crippen LogP contribution is -2.19. The van der Waals surface area contributed by atoms with Crippen molar-refractivity contribution in [2.75, 3.05) is 17.7 Å². The highest BCUT2D eigenvalue weighted by Gasteiger charge is 2.09. The molecule has 0 aromatic heterocycles. The molecule has 1 unspecified atom stereocenters. The van der Waals surface area contributed by atoms with Crippen molar-refractivity contribution in [3.8, 4) is 0 Å². The third-order valence-corrected chi connectivity index (χ3v) is 2.42. The van der Waals surface area contributed by atoms with E-state index in [1.165, 1.54) is 6.08 Å². The van der Waals surface area contributed by atoms with Gasteiger partial charge < -0.3 is 15.4 Å². The molecule has 0 bridgehead atoms. The summed E-state index contributed by atoms with van der Waals surface area (Å²) in [6.07, 6.45) is 1.11. The van der Waals surface area contributed by atoms with Crippen LogP contribution in [0, 0.1) is 6.92 Å². The van der Waals surface area contributed by atoms with Gasteiger partial charge in [0.15, 0.2) is 0 Å². The van der Waals surface area contributed by atoms with E-state index in [4.69, 9.17) is 4.74 Å². The second-order valence-corrected chi connectivity index (χ2v) is 3.71. The maximum Gasteiger partial charge on any atom is 0.247 e. The summed E-state index contributed by atoms with van der Waals surface area (Å²) in [4.78, 5) is 11.3. The third kappa shape index (κ3) is 3.60. The van der Waals surface area contributed by atoms with Gasteiger partial charge in [0.1, 0.15) is 6.23 Å². The van der Waals surface area contributed by atoms with Gasteiger partial charge in [-0.05, 0) is 31.6 Å². The van der Waals surface area contributed by atoms with Gasteiger partial charge in [0.2, 0.25) is 5.91 Å². The van der Waals surface area contributed by atoms with Crippen LogP contribution in [-0.2, 0) is 9.53 Å². The molecule has 17 heavy (non-hydrogen) atoms. The normalized spacial score (nSPS) is 11.7. The molecule has 0 saturated carbocycles. The van der Waals surface area contributed by atoms with Gasteiger partial charge in [-0.2, -0.15) is 0 Å². The van der Waals surface area contributed by atoms with Crippen molar-refractivity contribution in [3.63, 3.8) is 0 Å². The van der Waals surface area contributed by atoms with Crippen LogP contribution in [0.4, 0.5) is 11.4 Å². The summed E-state index contributed by atoms with van der Waals surface area (Å²) in [6, 6.07) is 5.68. The van der Waals surface area contributed by atoms with E-state index in [-0.39, 0.29) is 12.1 Å². The molecule has 4 nitrogen and oxygen atoms in total. The first-order chi connectivity index (χ1) is 8.08. The maximum absolute atomic E-state index is 11.3. The number of anilines is 2. The van der Waals surface area contributed by atoms with Crippen LogP contribution in [0.15, 0.2) is 30.9 Å². The van der Waals surface area contributed by atoms with Crippen LogP contribution in [0.25, 0.3) is 0 Å². The second-order valence-electron chi connectivity index (χ2n) is 3.71. The zero-order chi connectivity index (χ0) is 12.8. The predicted octanol–water partition coefficient (Wildman–Crippen LogP) is 2.52. The summed E-state index contributed by atoms with van der Waals surface area (Å²) < 4.78 is 5.15. The number of hydrogen-bond donors (Lipinski definition) is 2. The minimum absolute atomic E-state index is 0.129. The Bertz CT molecular complexity index is 416. The van der Waals surface area contributed by atoms with Crippen LogP contribution in [0.3, 0.4) is 0 Å². The van der Waals surface area contributed by atoms with Gasteiger partial charge in [-0.3, -0.25) is 4.79 Å². The van der Waals surface area contributed by atoms with Crippen LogP contribution < -0.4 is 10.6 Å². The molecule has 4 heteroatoms. The Morgan fingerprint density at radius 3 is 2.82 bits per heavy atom. The van der Waals surface area contributed by atoms with E-state index in [9.17, 15) is 4.79 Å². The van der Waals surface area contributed by atoms with Gasteiger partial charge in [0, 0.05) is 7.11 Å². The van der Waals surface area contributed by atoms with Crippen LogP contribution in [0.2, 0.25) is 0 Å². The van der Waals surface area contributed by atoms with Crippen molar-refractivity contribution in [1.82, 2.24) is 0 Å². The second kappa shape index (κ2) is 6.06. The Kier molecular flexibility index (Phi) is 4.72. The molecular formula is C13H18N2O2. The summed E-state index contributed by atoms with van der Waals surface area (Å²) in [7, 11) is 1.62. The molecular weight excluding hydrogens is 216 g/mol. The highest BCUT2D eigenvalue weighted by Crippen LogP contribution is 2.26. The van der Waals surface area contributed by atoms with Gasteiger partial charge in [-0.25, -0.2) is 0 Å². The number of ether oxygens (including phenoxy) is 1. The number of methoxy groups -OCH3 is 1. The van der Waals surface area contributed by atoms with Crippen LogP contribution in [-0.4, -0.2) is 19.2 Å². The lowest BCUT2D eigenvalue weighted by atomic mass is 10.1. The third-order valence-electron chi connectivity index (χ3n) is 2.42. The fourth-order valence-corrected chi connectivity index (χ4v) is 1.41. The molecule has 1 rings (SSSR count). The molecule has 1 aromatic rings. The van der Waals surface area contributed by atoms with Crippen molar-refractivity contribution in [2.24, 2.45) is 0 Å². The first-order valence-electron chi connectivity index (χ1n) is 5.41. The van der Waals surface area contributed by atoms with Gasteiger partial charge >= 0.3 is 0 Å². The first kappa shape index (κ1) is 13.3. The molecule has 2 N–H and O–H groups in total. The molecule has 0 heterocycles. The minimum Gasteiger partial charge on any atom is -0.362 e. The Morgan fingerprint density at radius 2 is 2.24 bits per heavy atom. The highest BCUT2D eigenvalue weighted by molar-refractivity contribution is 6.01. The van der Waals surface area contributed by atoms with E-state index in [0.29, 0.717) is 0 Å². The van der Waals surface area contributed by atoms with Crippen LogP contribution in [0.1, 0.15) is 12.5 Å². The summed E-state index contributed by atoms with van der Waals surface area (Å²) in [5.74, 6) is -0.233. The van der Waals surface area contributed by atoms with Crippen molar-refractivity contribution >= 4 is 17.3 Å². The van der Waals surface area contributed by atoms with E-state index in [2.05, 4.69) is 17.2 Å². The van der Waals surface area contributed by atoms with Gasteiger partial charge in [-0.1, -0.05) is 18.7 Å². The number of benzene rings is 1. The minimum atomic E-state index is -0.233. The number of rotatable bonds is 5. The average molecular weight is 234 g/mol. The zero-order valence-electron chi connectivity index (χ0n) is 10.4. The SMILES string of the molecule is C=CC(=O)Nc1cccc(C)c1NC(C)OC. The number of nitrogens with one attached hydrogen (secondary N) is 2. The number of aryl methyl sites for hydroxylation is 1. The highest BCUT2D eigenvalue weighted by atomic mass is 16.5. The van der Waals surface area contributed by atoms with E-state index in [1.807, 2.05) is 32.0 Å². The fraction of sp³-hybridized carbons (Fsp3) is 0.308. The number of carbonyl (C=O) groups is 1. The zero-order valence-corrected chi connectivity index (χ0v) is 10.4. The molecule has 1 amide bonds. The van der Waals surface area contributed by atoms with Crippen molar-refractivity contribution in [1.29, 1.82) is 0 Å². The van der Waals surface area contributed by atoms with Gasteiger partial charge in [0.05, 0.1) is 11.4 Å². The molecule has 1 aromatic carbocycles. The van der Waals surface area contributed by atoms with E-state index >= 15 is 0 Å². The van der Waals surface area contributed by atoms with Gasteiger partial charge in [-0.15, -0.1) is 0 Å². The fourth-order valence-electron chi connectivity index (χ4n) is 1.41. The molecule has 0 spiro atoms. The van der Waals surface area contributed by atoms with Crippen LogP contribution in [0.5, 0.6) is 0 Å². The smallest absolute Gasteiger partial charge is 0.247 e. The summed E-state index contributed by atoms with van der Waals surface area (Å²) in [6.45, 7) is 7.29. The lowest BCUT2D eigenvalue weighted by Gasteiger charge is -2.19. The predicted molar refractivity (Wildman–Crippen MR) is 70.1 cm³/mol. The Hall–Kier alpha value is -1.81. The summed E-state index contributed by atoms with van der Waals surface area (Å²) in [5.41, 5.74) is 2.62. The molecule has 92 valence electrons. The van der Waals surface area contributed by atoms with E-state index < -0.39 is 0 Å². The summed E-state index contributed by atoms with van der Waals surface area (Å²) >= 11 is 0. The Balaban J connectivity index is 2.99. The summed E-state index contributed by atoms with van der Waals surface area (Å²) in [5, 5.41) is 5.94. The standard InChI is InChI=1S/C13H18N2O2/c1-5-12(16)15-11-8-6-7-9(2)13(11)14-10(3)17-4/h5-8,10,14H,1H2,2-4H3,(H,15,16). The Morgan fingerprint density at radius 1 is 1.53 bits per heavy atom. The molecule has 0 aliphatic rings. The number of amides is 1. The molecule has 0 aliphatic carbocycles. The maximum atomic E-state index is 11.3. The number of carbonyl (C=O) groups excluding carboxylic acids is 1. The molecule has 1 atom stereocenters. The Labute approximate surface area is 102 Å². The molecule has 0 saturated heterocycles.